The summed E-state index contributed by atoms with van der Waals surface area (Å²) in [5.74, 6) is -2.85. The molecule has 0 aromatic heterocycles. The molecule has 0 aromatic rings. The third-order valence-electron chi connectivity index (χ3n) is 14.4. The molecule has 0 bridgehead atoms. The topological polar surface area (TPSA) is 259 Å². The van der Waals surface area contributed by atoms with Gasteiger partial charge in [-0.2, -0.15) is 0 Å². The molecule has 0 unspecified atom stereocenters. The fraction of sp³-hybridized carbons (Fsp3) is 0.940. The first-order valence-corrected chi connectivity index (χ1v) is 25.0. The van der Waals surface area contributed by atoms with Crippen molar-refractivity contribution in [3.8, 4) is 0 Å². The van der Waals surface area contributed by atoms with Crippen molar-refractivity contribution in [2.75, 3.05) is 40.8 Å². The Morgan fingerprint density at radius 3 is 2.09 bits per heavy atom. The predicted octanol–water partition coefficient (Wildman–Crippen LogP) is 3.88. The summed E-state index contributed by atoms with van der Waals surface area (Å²) < 4.78 is 38.1. The number of nitrogens with zero attached hydrogens (tertiary/aromatic N) is 2. The van der Waals surface area contributed by atoms with Crippen molar-refractivity contribution in [3.05, 3.63) is 0 Å². The molecule has 3 aliphatic heterocycles. The zero-order valence-corrected chi connectivity index (χ0v) is 45.4. The highest BCUT2D eigenvalue weighted by Crippen LogP contribution is 2.40. The molecule has 0 aliphatic carbocycles. The van der Waals surface area contributed by atoms with Gasteiger partial charge in [0.2, 0.25) is 0 Å². The van der Waals surface area contributed by atoms with Crippen LogP contribution in [-0.4, -0.2) is 196 Å². The average Bonchev–Trinajstić information content (AvgIpc) is 3.22. The van der Waals surface area contributed by atoms with Crippen molar-refractivity contribution in [2.24, 2.45) is 23.2 Å². The lowest BCUT2D eigenvalue weighted by Crippen LogP contribution is -2.60. The Balaban J connectivity index is 0.00000530. The van der Waals surface area contributed by atoms with Crippen LogP contribution in [0.4, 0.5) is 4.79 Å². The second-order valence-corrected chi connectivity index (χ2v) is 23.2. The molecule has 19 heteroatoms. The minimum Gasteiger partial charge on any atom is -0.483 e. The van der Waals surface area contributed by atoms with Gasteiger partial charge in [0.1, 0.15) is 30.0 Å². The standard InChI is InChI=1S/C49H94N4O13.CH2O2/c1-19-35-49(15,60)39(55)32(6)53(22-20-21-50-44(58)51-46(11,12)27-45(8,9)10)26-28(2)24-47(13,59)41(66-43-37(54)34(52(16)17)23-29(3)62-43)30(4)38(31(5)42(57)64-35)65-36-25-48(14,61-18)40(56)33(7)63-36;2-1-3/h28-41,43,54-56,59-60H,19-27H2,1-18H3,(H2,50,51,58);1H,(H,2,3)/t28-,29-,30+,31-,32-,33+,34+,35-,36+,37-,38+,39-,40+,41-,43+,47-,48-,49-;/m1./s1. The first kappa shape index (κ1) is 62.8. The zero-order chi connectivity index (χ0) is 53.2. The number of carbonyl (C=O) groups excluding carboxylic acids is 2. The number of methoxy groups -OCH3 is 1. The van der Waals surface area contributed by atoms with Gasteiger partial charge >= 0.3 is 12.0 Å². The number of cyclic esters (lactones) is 1. The summed E-state index contributed by atoms with van der Waals surface area (Å²) >= 11 is 0. The largest absolute Gasteiger partial charge is 0.483 e. The Morgan fingerprint density at radius 2 is 1.55 bits per heavy atom. The van der Waals surface area contributed by atoms with Gasteiger partial charge in [0, 0.05) is 56.7 Å². The SMILES string of the molecule is CC[C@H]1OC(=O)[C@H](C)[C@@H](O[C@H]2C[C@@](C)(OC)[C@@H](O)[C@H](C)O2)[C@H](C)[C@@H](O[C@@H]2O[C@H](C)C[C@H](N(C)C)[C@H]2O)[C@](C)(O)C[C@@H](C)CN(CCCNC(=O)NC(C)(C)CC(C)(C)C)[C@H](C)[C@@H](O)[C@]1(C)O.O=CO. The maximum absolute atomic E-state index is 14.5. The second kappa shape index (κ2) is 26.1. The van der Waals surface area contributed by atoms with Gasteiger partial charge in [-0.3, -0.25) is 14.5 Å². The van der Waals surface area contributed by atoms with Gasteiger partial charge in [-0.25, -0.2) is 4.79 Å². The summed E-state index contributed by atoms with van der Waals surface area (Å²) in [5, 5.41) is 72.9. The van der Waals surface area contributed by atoms with Crippen LogP contribution in [0.25, 0.3) is 0 Å². The summed E-state index contributed by atoms with van der Waals surface area (Å²) in [6.45, 7) is 28.8. The summed E-state index contributed by atoms with van der Waals surface area (Å²) in [6.07, 6.45) is -7.66. The third kappa shape index (κ3) is 17.7. The fourth-order valence-corrected chi connectivity index (χ4v) is 11.1. The average molecular weight is 993 g/mol. The minimum atomic E-state index is -1.91. The fourth-order valence-electron chi connectivity index (χ4n) is 11.1. The minimum absolute atomic E-state index is 0.0150. The summed E-state index contributed by atoms with van der Waals surface area (Å²) in [5.41, 5.74) is -5.03. The molecule has 3 rings (SSSR count). The zero-order valence-electron chi connectivity index (χ0n) is 45.4. The molecule has 406 valence electrons. The Hall–Kier alpha value is -2.27. The van der Waals surface area contributed by atoms with E-state index >= 15 is 0 Å². The van der Waals surface area contributed by atoms with Gasteiger partial charge < -0.3 is 74.6 Å². The lowest BCUT2D eigenvalue weighted by Gasteiger charge is -2.48. The number of esters is 1. The molecule has 3 fully saturated rings. The van der Waals surface area contributed by atoms with Crippen LogP contribution in [0.3, 0.4) is 0 Å². The van der Waals surface area contributed by atoms with E-state index in [0.29, 0.717) is 32.5 Å². The number of carbonyl (C=O) groups is 3. The third-order valence-corrected chi connectivity index (χ3v) is 14.4. The molecular weight excluding hydrogens is 897 g/mol. The van der Waals surface area contributed by atoms with Crippen molar-refractivity contribution in [1.29, 1.82) is 0 Å². The molecule has 0 spiro atoms. The molecule has 0 aromatic carbocycles. The molecule has 8 N–H and O–H groups in total. The second-order valence-electron chi connectivity index (χ2n) is 23.2. The molecule has 3 aliphatic rings. The number of hydrogen-bond acceptors (Lipinski definition) is 16. The molecule has 3 saturated heterocycles. The van der Waals surface area contributed by atoms with E-state index in [2.05, 4.69) is 31.4 Å². The van der Waals surface area contributed by atoms with Crippen LogP contribution in [0.2, 0.25) is 0 Å². The Bertz CT molecular complexity index is 1580. The van der Waals surface area contributed by atoms with E-state index in [1.807, 2.05) is 65.4 Å². The summed E-state index contributed by atoms with van der Waals surface area (Å²) in [6, 6.07) is -1.26. The van der Waals surface area contributed by atoms with E-state index in [1.54, 1.807) is 34.6 Å². The van der Waals surface area contributed by atoms with Gasteiger partial charge in [-0.05, 0) is 120 Å². The molecule has 19 nitrogen and oxygen atoms in total. The highest BCUT2D eigenvalue weighted by Gasteiger charge is 2.53. The molecule has 69 heavy (non-hydrogen) atoms. The molecule has 18 atom stereocenters. The highest BCUT2D eigenvalue weighted by atomic mass is 16.7. The van der Waals surface area contributed by atoms with E-state index in [-0.39, 0.29) is 55.2 Å². The first-order valence-electron chi connectivity index (χ1n) is 25.0. The number of nitrogens with one attached hydrogen (secondary N) is 2. The van der Waals surface area contributed by atoms with Gasteiger partial charge in [0.15, 0.2) is 12.6 Å². The van der Waals surface area contributed by atoms with Crippen molar-refractivity contribution < 1.29 is 73.4 Å². The van der Waals surface area contributed by atoms with Crippen molar-refractivity contribution in [3.63, 3.8) is 0 Å². The van der Waals surface area contributed by atoms with E-state index in [9.17, 15) is 35.1 Å². The van der Waals surface area contributed by atoms with Crippen LogP contribution in [0.1, 0.15) is 142 Å². The van der Waals surface area contributed by atoms with E-state index in [4.69, 9.17) is 38.3 Å². The number of hydrogen-bond donors (Lipinski definition) is 8. The monoisotopic (exact) mass is 993 g/mol. The number of amides is 2. The smallest absolute Gasteiger partial charge is 0.315 e. The molecular formula is C50H96N4O15. The highest BCUT2D eigenvalue weighted by molar-refractivity contribution is 5.74. The van der Waals surface area contributed by atoms with Crippen molar-refractivity contribution in [1.82, 2.24) is 20.4 Å². The first-order chi connectivity index (χ1) is 31.6. The van der Waals surface area contributed by atoms with Gasteiger partial charge in [-0.15, -0.1) is 0 Å². The van der Waals surface area contributed by atoms with Gasteiger partial charge in [0.25, 0.3) is 6.47 Å². The predicted molar refractivity (Wildman–Crippen MR) is 261 cm³/mol. The van der Waals surface area contributed by atoms with Crippen molar-refractivity contribution in [2.45, 2.75) is 238 Å². The molecule has 0 radical (unpaired) electrons. The maximum Gasteiger partial charge on any atom is 0.315 e. The van der Waals surface area contributed by atoms with Gasteiger partial charge in [-0.1, -0.05) is 41.5 Å². The maximum atomic E-state index is 14.5. The Morgan fingerprint density at radius 1 is 0.957 bits per heavy atom. The molecule has 3 heterocycles. The molecule has 0 saturated carbocycles. The number of urea groups is 1. The van der Waals surface area contributed by atoms with Crippen LogP contribution in [0.5, 0.6) is 0 Å². The van der Waals surface area contributed by atoms with Crippen LogP contribution < -0.4 is 10.6 Å². The molecule has 2 amide bonds. The Labute approximate surface area is 413 Å². The van der Waals surface area contributed by atoms with Crippen LogP contribution in [-0.2, 0) is 38.0 Å². The van der Waals surface area contributed by atoms with E-state index < -0.39 is 101 Å². The van der Waals surface area contributed by atoms with Crippen LogP contribution in [0.15, 0.2) is 0 Å². The van der Waals surface area contributed by atoms with E-state index in [0.717, 1.165) is 6.42 Å². The lowest BCUT2D eigenvalue weighted by atomic mass is 9.77. The van der Waals surface area contributed by atoms with E-state index in [1.165, 1.54) is 14.0 Å². The van der Waals surface area contributed by atoms with Gasteiger partial charge in [0.05, 0.1) is 41.5 Å². The number of ether oxygens (including phenoxy) is 6. The number of rotatable bonds is 13. The summed E-state index contributed by atoms with van der Waals surface area (Å²) in [7, 11) is 5.26. The number of aliphatic hydroxyl groups is 5. The van der Waals surface area contributed by atoms with Crippen LogP contribution >= 0.6 is 0 Å². The quantitative estimate of drug-likeness (QED) is 0.0740. The van der Waals surface area contributed by atoms with Crippen LogP contribution in [0, 0.1) is 23.2 Å². The normalized spacial score (nSPS) is 40.3. The summed E-state index contributed by atoms with van der Waals surface area (Å²) in [4.78, 5) is 39.9. The lowest BCUT2D eigenvalue weighted by molar-refractivity contribution is -0.318. The van der Waals surface area contributed by atoms with Crippen molar-refractivity contribution >= 4 is 18.5 Å². The number of aliphatic hydroxyl groups excluding tert-OH is 3. The number of likely N-dealkylation sites (N-methyl/N-ethyl adjacent to an activating group) is 1. The number of carboxylic acid groups (broad SMARTS) is 1. The Kier molecular flexibility index (Phi) is 23.8.